The van der Waals surface area contributed by atoms with Crippen LogP contribution in [0.2, 0.25) is 0 Å². The van der Waals surface area contributed by atoms with E-state index in [2.05, 4.69) is 55.4 Å². The predicted molar refractivity (Wildman–Crippen MR) is 158 cm³/mol. The van der Waals surface area contributed by atoms with Gasteiger partial charge in [0.2, 0.25) is 0 Å². The Morgan fingerprint density at radius 2 is 0.732 bits per heavy atom. The fourth-order valence-electron chi connectivity index (χ4n) is 12.3. The Labute approximate surface area is 249 Å². The van der Waals surface area contributed by atoms with Crippen molar-refractivity contribution >= 4 is 0 Å². The molecule has 8 rings (SSSR count). The lowest BCUT2D eigenvalue weighted by Gasteiger charge is -2.43. The molecule has 8 fully saturated rings. The van der Waals surface area contributed by atoms with Crippen LogP contribution in [0.4, 0.5) is 0 Å². The Hall–Kier alpha value is -0.200. The van der Waals surface area contributed by atoms with E-state index in [0.29, 0.717) is 83.6 Å². The molecule has 4 aliphatic carbocycles. The molecule has 0 aromatic carbocycles. The van der Waals surface area contributed by atoms with Gasteiger partial charge >= 0.3 is 0 Å². The molecule has 232 valence electrons. The van der Waals surface area contributed by atoms with Gasteiger partial charge in [-0.05, 0) is 138 Å². The third kappa shape index (κ3) is 4.72. The molecule has 0 aromatic rings. The molecule has 16 unspecified atom stereocenters. The summed E-state index contributed by atoms with van der Waals surface area (Å²) < 4.78 is 32.3. The van der Waals surface area contributed by atoms with E-state index in [1.807, 2.05) is 0 Å². The summed E-state index contributed by atoms with van der Waals surface area (Å²) in [7, 11) is 0. The highest BCUT2D eigenvalue weighted by molar-refractivity contribution is 5.13. The zero-order valence-corrected chi connectivity index (χ0v) is 27.2. The lowest BCUT2D eigenvalue weighted by atomic mass is 9.63. The first-order valence-electron chi connectivity index (χ1n) is 17.6. The van der Waals surface area contributed by atoms with Gasteiger partial charge in [-0.15, -0.1) is 0 Å². The van der Waals surface area contributed by atoms with Crippen molar-refractivity contribution in [2.24, 2.45) is 59.2 Å². The number of fused-ring (bicyclic) bond motifs is 4. The molecular formula is C36H58O5. The van der Waals surface area contributed by atoms with Crippen molar-refractivity contribution in [1.82, 2.24) is 0 Å². The fourth-order valence-corrected chi connectivity index (χ4v) is 12.3. The molecule has 0 N–H and O–H groups in total. The van der Waals surface area contributed by atoms with E-state index in [-0.39, 0.29) is 22.4 Å². The highest BCUT2D eigenvalue weighted by Crippen LogP contribution is 2.60. The van der Waals surface area contributed by atoms with Crippen LogP contribution in [-0.2, 0) is 23.7 Å². The number of hydrogen-bond acceptors (Lipinski definition) is 5. The number of epoxide rings is 4. The molecule has 5 heteroatoms. The van der Waals surface area contributed by atoms with Crippen molar-refractivity contribution in [3.8, 4) is 0 Å². The van der Waals surface area contributed by atoms with Crippen molar-refractivity contribution in [1.29, 1.82) is 0 Å². The molecule has 4 aliphatic heterocycles. The summed E-state index contributed by atoms with van der Waals surface area (Å²) in [5.74, 6) is 6.57. The Kier molecular flexibility index (Phi) is 6.33. The van der Waals surface area contributed by atoms with Crippen LogP contribution in [0, 0.1) is 59.2 Å². The smallest absolute Gasteiger partial charge is 0.0926 e. The van der Waals surface area contributed by atoms with E-state index in [9.17, 15) is 0 Å². The van der Waals surface area contributed by atoms with Gasteiger partial charge in [0.25, 0.3) is 0 Å². The topological polar surface area (TPSA) is 59.4 Å². The maximum atomic E-state index is 7.08. The predicted octanol–water partition coefficient (Wildman–Crippen LogP) is 7.05. The molecule has 4 saturated heterocycles. The Morgan fingerprint density at radius 1 is 0.488 bits per heavy atom. The van der Waals surface area contributed by atoms with Gasteiger partial charge in [-0.2, -0.15) is 0 Å². The monoisotopic (exact) mass is 570 g/mol. The normalized spacial score (nSPS) is 61.5. The minimum atomic E-state index is 0.106. The molecule has 4 saturated carbocycles. The maximum absolute atomic E-state index is 7.08. The first kappa shape index (κ1) is 28.3. The van der Waals surface area contributed by atoms with Crippen LogP contribution in [0.15, 0.2) is 0 Å². The summed E-state index contributed by atoms with van der Waals surface area (Å²) in [5.41, 5.74) is 0.424. The SMILES string of the molecule is CC1CC(C(COCC(C2CC(C)C3OC3(C)C2)C2CC(C)C3OC3(C)C2)C2CC(C)C3OC3(C)C2)CC2(C)OC12. The van der Waals surface area contributed by atoms with Crippen molar-refractivity contribution < 1.29 is 23.7 Å². The minimum Gasteiger partial charge on any atom is -0.381 e. The molecule has 0 bridgehead atoms. The highest BCUT2D eigenvalue weighted by atomic mass is 16.6. The van der Waals surface area contributed by atoms with Crippen LogP contribution in [0.25, 0.3) is 0 Å². The van der Waals surface area contributed by atoms with Crippen LogP contribution in [0.1, 0.15) is 107 Å². The largest absolute Gasteiger partial charge is 0.381 e. The van der Waals surface area contributed by atoms with E-state index in [1.54, 1.807) is 0 Å². The van der Waals surface area contributed by atoms with Gasteiger partial charge in [-0.25, -0.2) is 0 Å². The molecule has 0 aromatic heterocycles. The lowest BCUT2D eigenvalue weighted by molar-refractivity contribution is -0.0289. The quantitative estimate of drug-likeness (QED) is 0.293. The molecule has 41 heavy (non-hydrogen) atoms. The van der Waals surface area contributed by atoms with Crippen LogP contribution < -0.4 is 0 Å². The van der Waals surface area contributed by atoms with Gasteiger partial charge in [-0.3, -0.25) is 0 Å². The van der Waals surface area contributed by atoms with Gasteiger partial charge in [0, 0.05) is 13.2 Å². The lowest BCUT2D eigenvalue weighted by Crippen LogP contribution is -2.43. The first-order valence-corrected chi connectivity index (χ1v) is 17.6. The molecule has 0 radical (unpaired) electrons. The standard InChI is InChI=1S/C36H58O5/c1-19-9-23(13-33(5)29(19)38-33)27(24-10-20(2)30-34(6,14-24)39-30)17-37-18-28(25-11-21(3)31-35(7,15-25)40-31)26-12-22(4)32-36(8,16-26)41-32/h19-32H,9-18H2,1-8H3. The van der Waals surface area contributed by atoms with Gasteiger partial charge in [-0.1, -0.05) is 27.7 Å². The van der Waals surface area contributed by atoms with Crippen molar-refractivity contribution in [2.75, 3.05) is 13.2 Å². The molecule has 16 atom stereocenters. The van der Waals surface area contributed by atoms with Crippen molar-refractivity contribution in [3.63, 3.8) is 0 Å². The van der Waals surface area contributed by atoms with Gasteiger partial charge in [0.1, 0.15) is 0 Å². The van der Waals surface area contributed by atoms with Gasteiger partial charge in [0.15, 0.2) is 0 Å². The van der Waals surface area contributed by atoms with E-state index in [0.717, 1.165) is 13.2 Å². The van der Waals surface area contributed by atoms with Crippen LogP contribution in [0.3, 0.4) is 0 Å². The van der Waals surface area contributed by atoms with Crippen LogP contribution in [0.5, 0.6) is 0 Å². The molecular weight excluding hydrogens is 512 g/mol. The first-order chi connectivity index (χ1) is 19.3. The molecule has 0 amide bonds. The van der Waals surface area contributed by atoms with E-state index in [1.165, 1.54) is 51.4 Å². The number of rotatable bonds is 8. The van der Waals surface area contributed by atoms with Gasteiger partial charge in [0.05, 0.1) is 46.8 Å². The molecule has 0 spiro atoms. The zero-order valence-electron chi connectivity index (χ0n) is 27.2. The summed E-state index contributed by atoms with van der Waals surface area (Å²) in [5, 5.41) is 0. The summed E-state index contributed by atoms with van der Waals surface area (Å²) in [4.78, 5) is 0. The molecule has 5 nitrogen and oxygen atoms in total. The number of hydrogen-bond donors (Lipinski definition) is 0. The summed E-state index contributed by atoms with van der Waals surface area (Å²) in [6.07, 6.45) is 11.9. The molecule has 4 heterocycles. The van der Waals surface area contributed by atoms with E-state index < -0.39 is 0 Å². The summed E-state index contributed by atoms with van der Waals surface area (Å²) in [6.45, 7) is 21.0. The third-order valence-corrected chi connectivity index (χ3v) is 14.2. The number of ether oxygens (including phenoxy) is 5. The summed E-state index contributed by atoms with van der Waals surface area (Å²) in [6, 6.07) is 0. The van der Waals surface area contributed by atoms with Gasteiger partial charge < -0.3 is 23.7 Å². The Bertz CT molecular complexity index is 893. The molecule has 8 aliphatic rings. The average Bonchev–Trinajstić information content (AvgIpc) is 3.73. The van der Waals surface area contributed by atoms with E-state index in [4.69, 9.17) is 23.7 Å². The highest BCUT2D eigenvalue weighted by Gasteiger charge is 2.65. The minimum absolute atomic E-state index is 0.106. The Morgan fingerprint density at radius 3 is 0.951 bits per heavy atom. The van der Waals surface area contributed by atoms with Crippen LogP contribution >= 0.6 is 0 Å². The Balaban J connectivity index is 1.01. The van der Waals surface area contributed by atoms with E-state index >= 15 is 0 Å². The van der Waals surface area contributed by atoms with Crippen molar-refractivity contribution in [2.45, 2.75) is 154 Å². The second kappa shape index (κ2) is 9.18. The zero-order chi connectivity index (χ0) is 28.7. The maximum Gasteiger partial charge on any atom is 0.0926 e. The third-order valence-electron chi connectivity index (χ3n) is 14.2. The second-order valence-electron chi connectivity index (χ2n) is 18.0. The van der Waals surface area contributed by atoms with Crippen LogP contribution in [-0.4, -0.2) is 60.0 Å². The second-order valence-corrected chi connectivity index (χ2v) is 18.0. The fraction of sp³-hybridized carbons (Fsp3) is 1.00. The average molecular weight is 571 g/mol. The van der Waals surface area contributed by atoms with Crippen molar-refractivity contribution in [3.05, 3.63) is 0 Å². The summed E-state index contributed by atoms with van der Waals surface area (Å²) >= 11 is 0.